The van der Waals surface area contributed by atoms with Gasteiger partial charge in [-0.15, -0.1) is 11.6 Å². The molecule has 0 aromatic carbocycles. The minimum atomic E-state index is 0.795. The van der Waals surface area contributed by atoms with E-state index >= 15 is 0 Å². The van der Waals surface area contributed by atoms with Crippen molar-refractivity contribution in [1.82, 2.24) is 9.88 Å². The molecule has 17 heavy (non-hydrogen) atoms. The van der Waals surface area contributed by atoms with Gasteiger partial charge >= 0.3 is 0 Å². The lowest BCUT2D eigenvalue weighted by Gasteiger charge is -2.16. The maximum Gasteiger partial charge on any atom is 0.0547 e. The lowest BCUT2D eigenvalue weighted by Crippen LogP contribution is -2.19. The molecule has 0 saturated heterocycles. The van der Waals surface area contributed by atoms with Crippen LogP contribution in [0, 0.1) is 6.92 Å². The van der Waals surface area contributed by atoms with Gasteiger partial charge < -0.3 is 4.90 Å². The second kappa shape index (κ2) is 8.48. The summed E-state index contributed by atoms with van der Waals surface area (Å²) in [6.07, 6.45) is 4.92. The molecular formula is C14H23ClN2. The zero-order chi connectivity index (χ0) is 12.5. The van der Waals surface area contributed by atoms with Crippen LogP contribution >= 0.6 is 11.6 Å². The Bertz CT molecular complexity index is 315. The average molecular weight is 255 g/mol. The fourth-order valence-corrected chi connectivity index (χ4v) is 2.06. The van der Waals surface area contributed by atoms with E-state index in [0.717, 1.165) is 36.8 Å². The molecule has 96 valence electrons. The van der Waals surface area contributed by atoms with Crippen LogP contribution in [0.1, 0.15) is 37.1 Å². The molecule has 3 heteroatoms. The third-order valence-electron chi connectivity index (χ3n) is 2.80. The van der Waals surface area contributed by atoms with Gasteiger partial charge in [0.1, 0.15) is 0 Å². The fraction of sp³-hybridized carbons (Fsp3) is 0.643. The molecule has 0 atom stereocenters. The van der Waals surface area contributed by atoms with Gasteiger partial charge in [-0.3, -0.25) is 4.98 Å². The van der Waals surface area contributed by atoms with E-state index in [9.17, 15) is 0 Å². The number of alkyl halides is 1. The lowest BCUT2D eigenvalue weighted by atomic mass is 10.2. The number of aryl methyl sites for hydroxylation is 1. The predicted octanol–water partition coefficient (Wildman–Crippen LogP) is 3.62. The summed E-state index contributed by atoms with van der Waals surface area (Å²) in [5.74, 6) is 0.795. The van der Waals surface area contributed by atoms with Crippen LogP contribution in [-0.2, 0) is 6.54 Å². The Morgan fingerprint density at radius 3 is 2.65 bits per heavy atom. The van der Waals surface area contributed by atoms with Gasteiger partial charge in [0.05, 0.1) is 5.69 Å². The lowest BCUT2D eigenvalue weighted by molar-refractivity contribution is 0.313. The molecule has 0 N–H and O–H groups in total. The minimum Gasteiger partial charge on any atom is -0.301 e. The van der Waals surface area contributed by atoms with E-state index in [0.29, 0.717) is 0 Å². The topological polar surface area (TPSA) is 16.1 Å². The summed E-state index contributed by atoms with van der Waals surface area (Å²) in [5.41, 5.74) is 2.26. The quantitative estimate of drug-likeness (QED) is 0.520. The van der Waals surface area contributed by atoms with Crippen LogP contribution in [0.4, 0.5) is 0 Å². The summed E-state index contributed by atoms with van der Waals surface area (Å²) in [7, 11) is 2.16. The van der Waals surface area contributed by atoms with Crippen LogP contribution in [0.2, 0.25) is 0 Å². The van der Waals surface area contributed by atoms with E-state index in [1.165, 1.54) is 19.3 Å². The highest BCUT2D eigenvalue weighted by atomic mass is 35.5. The molecular weight excluding hydrogens is 232 g/mol. The standard InChI is InChI=1S/C14H23ClN2/c1-13-8-7-9-14(16-13)12-17(2)11-6-4-3-5-10-15/h7-9H,3-6,10-12H2,1-2H3. The molecule has 0 amide bonds. The van der Waals surface area contributed by atoms with Gasteiger partial charge in [-0.25, -0.2) is 0 Å². The van der Waals surface area contributed by atoms with Crippen molar-refractivity contribution in [3.63, 3.8) is 0 Å². The van der Waals surface area contributed by atoms with Crippen molar-refractivity contribution in [3.8, 4) is 0 Å². The van der Waals surface area contributed by atoms with Crippen LogP contribution < -0.4 is 0 Å². The summed E-state index contributed by atoms with van der Waals surface area (Å²) < 4.78 is 0. The summed E-state index contributed by atoms with van der Waals surface area (Å²) in [4.78, 5) is 6.85. The molecule has 1 heterocycles. The Labute approximate surface area is 110 Å². The molecule has 0 fully saturated rings. The van der Waals surface area contributed by atoms with E-state index in [1.807, 2.05) is 13.0 Å². The predicted molar refractivity (Wildman–Crippen MR) is 74.5 cm³/mol. The van der Waals surface area contributed by atoms with Crippen molar-refractivity contribution < 1.29 is 0 Å². The molecule has 0 bridgehead atoms. The SMILES string of the molecule is Cc1cccc(CN(C)CCCCCCCl)n1. The van der Waals surface area contributed by atoms with Crippen molar-refractivity contribution in [2.75, 3.05) is 19.5 Å². The minimum absolute atomic E-state index is 0.795. The highest BCUT2D eigenvalue weighted by Gasteiger charge is 2.01. The van der Waals surface area contributed by atoms with Gasteiger partial charge in [0, 0.05) is 18.1 Å². The smallest absolute Gasteiger partial charge is 0.0547 e. The molecule has 1 aromatic heterocycles. The van der Waals surface area contributed by atoms with Gasteiger partial charge in [-0.2, -0.15) is 0 Å². The zero-order valence-electron chi connectivity index (χ0n) is 11.0. The average Bonchev–Trinajstić information content (AvgIpc) is 2.29. The van der Waals surface area contributed by atoms with Crippen molar-refractivity contribution in [2.45, 2.75) is 39.2 Å². The molecule has 0 aliphatic carbocycles. The zero-order valence-corrected chi connectivity index (χ0v) is 11.7. The van der Waals surface area contributed by atoms with Crippen LogP contribution in [-0.4, -0.2) is 29.4 Å². The Morgan fingerprint density at radius 2 is 1.94 bits per heavy atom. The Kier molecular flexibility index (Phi) is 7.22. The monoisotopic (exact) mass is 254 g/mol. The fourth-order valence-electron chi connectivity index (χ4n) is 1.87. The number of rotatable bonds is 8. The highest BCUT2D eigenvalue weighted by Crippen LogP contribution is 2.05. The van der Waals surface area contributed by atoms with Crippen LogP contribution in [0.25, 0.3) is 0 Å². The third-order valence-corrected chi connectivity index (χ3v) is 3.07. The van der Waals surface area contributed by atoms with E-state index in [-0.39, 0.29) is 0 Å². The Hall–Kier alpha value is -0.600. The van der Waals surface area contributed by atoms with Crippen molar-refractivity contribution in [1.29, 1.82) is 0 Å². The number of pyridine rings is 1. The van der Waals surface area contributed by atoms with E-state index in [2.05, 4.69) is 29.1 Å². The molecule has 0 unspecified atom stereocenters. The third kappa shape index (κ3) is 6.64. The molecule has 0 aliphatic heterocycles. The largest absolute Gasteiger partial charge is 0.301 e. The molecule has 1 aromatic rings. The maximum absolute atomic E-state index is 5.65. The molecule has 1 rings (SSSR count). The van der Waals surface area contributed by atoms with Crippen molar-refractivity contribution in [2.24, 2.45) is 0 Å². The number of hydrogen-bond acceptors (Lipinski definition) is 2. The van der Waals surface area contributed by atoms with Gasteiger partial charge in [0.2, 0.25) is 0 Å². The van der Waals surface area contributed by atoms with Crippen molar-refractivity contribution >= 4 is 11.6 Å². The van der Waals surface area contributed by atoms with E-state index in [1.54, 1.807) is 0 Å². The van der Waals surface area contributed by atoms with E-state index < -0.39 is 0 Å². The van der Waals surface area contributed by atoms with Gasteiger partial charge in [0.25, 0.3) is 0 Å². The number of nitrogens with zero attached hydrogens (tertiary/aromatic N) is 2. The van der Waals surface area contributed by atoms with Gasteiger partial charge in [-0.05, 0) is 45.5 Å². The van der Waals surface area contributed by atoms with Crippen LogP contribution in [0.3, 0.4) is 0 Å². The number of aromatic nitrogens is 1. The normalized spacial score (nSPS) is 11.1. The second-order valence-electron chi connectivity index (χ2n) is 4.61. The van der Waals surface area contributed by atoms with Crippen molar-refractivity contribution in [3.05, 3.63) is 29.6 Å². The molecule has 2 nitrogen and oxygen atoms in total. The summed E-state index contributed by atoms with van der Waals surface area (Å²) in [5, 5.41) is 0. The molecule has 0 spiro atoms. The second-order valence-corrected chi connectivity index (χ2v) is 4.99. The van der Waals surface area contributed by atoms with Gasteiger partial charge in [-0.1, -0.05) is 18.9 Å². The molecule has 0 aliphatic rings. The first-order valence-corrected chi connectivity index (χ1v) is 6.93. The number of unbranched alkanes of at least 4 members (excludes halogenated alkanes) is 3. The van der Waals surface area contributed by atoms with Gasteiger partial charge in [0.15, 0.2) is 0 Å². The molecule has 0 radical (unpaired) electrons. The number of hydrogen-bond donors (Lipinski definition) is 0. The first-order chi connectivity index (χ1) is 8.22. The first-order valence-electron chi connectivity index (χ1n) is 6.39. The maximum atomic E-state index is 5.65. The Morgan fingerprint density at radius 1 is 1.18 bits per heavy atom. The summed E-state index contributed by atoms with van der Waals surface area (Å²) in [6.45, 7) is 4.12. The number of halogens is 1. The first kappa shape index (κ1) is 14.5. The summed E-state index contributed by atoms with van der Waals surface area (Å²) >= 11 is 5.65. The molecule has 0 saturated carbocycles. The highest BCUT2D eigenvalue weighted by molar-refractivity contribution is 6.17. The Balaban J connectivity index is 2.18. The summed E-state index contributed by atoms with van der Waals surface area (Å²) in [6, 6.07) is 6.21. The van der Waals surface area contributed by atoms with Crippen LogP contribution in [0.5, 0.6) is 0 Å². The van der Waals surface area contributed by atoms with Crippen LogP contribution in [0.15, 0.2) is 18.2 Å². The van der Waals surface area contributed by atoms with E-state index in [4.69, 9.17) is 11.6 Å².